The standard InChI is InChI=1S/C19H15ClN2O3/c1-12(25-19(24)15-9-5-11-21-17(15)20)18(23)22-16-10-4-7-13-6-2-3-8-14(13)16/h2-12H,1H3,(H,22,23)/t12-/m0/s1. The maximum Gasteiger partial charge on any atom is 0.342 e. The van der Waals surface area contributed by atoms with Crippen molar-refractivity contribution in [3.8, 4) is 0 Å². The number of benzene rings is 2. The Bertz CT molecular complexity index is 937. The number of fused-ring (bicyclic) bond motifs is 1. The first kappa shape index (κ1) is 16.9. The van der Waals surface area contributed by atoms with Crippen LogP contribution in [0.5, 0.6) is 0 Å². The molecule has 6 heteroatoms. The largest absolute Gasteiger partial charge is 0.449 e. The van der Waals surface area contributed by atoms with Gasteiger partial charge in [-0.2, -0.15) is 0 Å². The van der Waals surface area contributed by atoms with Crippen molar-refractivity contribution in [2.45, 2.75) is 13.0 Å². The number of hydrogen-bond donors (Lipinski definition) is 1. The van der Waals surface area contributed by atoms with E-state index in [4.69, 9.17) is 16.3 Å². The number of ether oxygens (including phenoxy) is 1. The Morgan fingerprint density at radius 3 is 2.64 bits per heavy atom. The summed E-state index contributed by atoms with van der Waals surface area (Å²) in [7, 11) is 0. The predicted molar refractivity (Wildman–Crippen MR) is 96.7 cm³/mol. The van der Waals surface area contributed by atoms with Crippen molar-refractivity contribution in [3.05, 3.63) is 71.5 Å². The van der Waals surface area contributed by atoms with Crippen LogP contribution in [0.3, 0.4) is 0 Å². The summed E-state index contributed by atoms with van der Waals surface area (Å²) in [4.78, 5) is 28.3. The minimum absolute atomic E-state index is 0.0363. The Labute approximate surface area is 149 Å². The maximum absolute atomic E-state index is 12.4. The van der Waals surface area contributed by atoms with Crippen LogP contribution in [-0.4, -0.2) is 23.0 Å². The molecule has 1 heterocycles. The molecule has 0 fully saturated rings. The molecule has 0 bridgehead atoms. The van der Waals surface area contributed by atoms with Crippen LogP contribution in [0.1, 0.15) is 17.3 Å². The minimum atomic E-state index is -0.984. The fraction of sp³-hybridized carbons (Fsp3) is 0.105. The van der Waals surface area contributed by atoms with Crippen molar-refractivity contribution >= 4 is 39.9 Å². The smallest absolute Gasteiger partial charge is 0.342 e. The molecular formula is C19H15ClN2O3. The number of aromatic nitrogens is 1. The summed E-state index contributed by atoms with van der Waals surface area (Å²) in [5, 5.41) is 4.74. The van der Waals surface area contributed by atoms with Gasteiger partial charge in [0, 0.05) is 17.3 Å². The molecule has 1 amide bonds. The third kappa shape index (κ3) is 3.78. The summed E-state index contributed by atoms with van der Waals surface area (Å²) in [6, 6.07) is 16.4. The SMILES string of the molecule is C[C@H](OC(=O)c1cccnc1Cl)C(=O)Nc1cccc2ccccc12. The van der Waals surface area contributed by atoms with Gasteiger partial charge in [-0.1, -0.05) is 48.0 Å². The zero-order chi connectivity index (χ0) is 17.8. The van der Waals surface area contributed by atoms with Crippen LogP contribution in [0.25, 0.3) is 10.8 Å². The highest BCUT2D eigenvalue weighted by Gasteiger charge is 2.21. The molecule has 0 saturated heterocycles. The zero-order valence-corrected chi connectivity index (χ0v) is 14.2. The lowest BCUT2D eigenvalue weighted by atomic mass is 10.1. The molecule has 0 unspecified atom stereocenters. The first-order chi connectivity index (χ1) is 12.1. The summed E-state index contributed by atoms with van der Waals surface area (Å²) in [5.74, 6) is -1.12. The summed E-state index contributed by atoms with van der Waals surface area (Å²) < 4.78 is 5.19. The van der Waals surface area contributed by atoms with Crippen LogP contribution < -0.4 is 5.32 Å². The van der Waals surface area contributed by atoms with Gasteiger partial charge in [-0.25, -0.2) is 9.78 Å². The average molecular weight is 355 g/mol. The van der Waals surface area contributed by atoms with Crippen LogP contribution in [0, 0.1) is 0 Å². The van der Waals surface area contributed by atoms with Crippen LogP contribution in [-0.2, 0) is 9.53 Å². The maximum atomic E-state index is 12.4. The van der Waals surface area contributed by atoms with E-state index in [2.05, 4.69) is 10.3 Å². The molecule has 1 atom stereocenters. The fourth-order valence-electron chi connectivity index (χ4n) is 2.38. The van der Waals surface area contributed by atoms with Gasteiger partial charge >= 0.3 is 5.97 Å². The molecule has 0 radical (unpaired) electrons. The number of nitrogens with one attached hydrogen (secondary N) is 1. The zero-order valence-electron chi connectivity index (χ0n) is 13.4. The topological polar surface area (TPSA) is 68.3 Å². The van der Waals surface area contributed by atoms with Gasteiger partial charge in [0.2, 0.25) is 0 Å². The Morgan fingerprint density at radius 2 is 1.84 bits per heavy atom. The van der Waals surface area contributed by atoms with Crippen LogP contribution >= 0.6 is 11.6 Å². The van der Waals surface area contributed by atoms with E-state index >= 15 is 0 Å². The average Bonchev–Trinajstić information content (AvgIpc) is 2.62. The molecule has 1 N–H and O–H groups in total. The second-order valence-electron chi connectivity index (χ2n) is 5.41. The second-order valence-corrected chi connectivity index (χ2v) is 5.76. The molecular weight excluding hydrogens is 340 g/mol. The molecule has 3 aromatic rings. The predicted octanol–water partition coefficient (Wildman–Crippen LogP) is 4.07. The van der Waals surface area contributed by atoms with Crippen LogP contribution in [0.15, 0.2) is 60.8 Å². The third-order valence-electron chi connectivity index (χ3n) is 3.68. The van der Waals surface area contributed by atoms with Gasteiger partial charge in [0.25, 0.3) is 5.91 Å². The number of carbonyl (C=O) groups is 2. The first-order valence-corrected chi connectivity index (χ1v) is 8.04. The number of esters is 1. The molecule has 0 aliphatic heterocycles. The number of nitrogens with zero attached hydrogens (tertiary/aromatic N) is 1. The van der Waals surface area contributed by atoms with Crippen molar-refractivity contribution in [2.24, 2.45) is 0 Å². The van der Waals surface area contributed by atoms with E-state index < -0.39 is 18.0 Å². The van der Waals surface area contributed by atoms with Gasteiger partial charge in [-0.15, -0.1) is 0 Å². The lowest BCUT2D eigenvalue weighted by Crippen LogP contribution is -2.30. The monoisotopic (exact) mass is 354 g/mol. The van der Waals surface area contributed by atoms with Crippen molar-refractivity contribution in [3.63, 3.8) is 0 Å². The Hall–Kier alpha value is -2.92. The quantitative estimate of drug-likeness (QED) is 0.566. The highest BCUT2D eigenvalue weighted by Crippen LogP contribution is 2.23. The molecule has 2 aromatic carbocycles. The second kappa shape index (κ2) is 7.32. The van der Waals surface area contributed by atoms with E-state index in [-0.39, 0.29) is 10.7 Å². The molecule has 0 spiro atoms. The number of anilines is 1. The summed E-state index contributed by atoms with van der Waals surface area (Å²) in [5.41, 5.74) is 0.777. The Morgan fingerprint density at radius 1 is 1.08 bits per heavy atom. The summed E-state index contributed by atoms with van der Waals surface area (Å²) in [6.07, 6.45) is 0.484. The van der Waals surface area contributed by atoms with Gasteiger partial charge < -0.3 is 10.1 Å². The number of amides is 1. The Kier molecular flexibility index (Phi) is 4.95. The van der Waals surface area contributed by atoms with Gasteiger partial charge in [-0.05, 0) is 30.5 Å². The lowest BCUT2D eigenvalue weighted by molar-refractivity contribution is -0.123. The molecule has 0 saturated carbocycles. The highest BCUT2D eigenvalue weighted by molar-refractivity contribution is 6.32. The number of halogens is 1. The lowest BCUT2D eigenvalue weighted by Gasteiger charge is -2.15. The van der Waals surface area contributed by atoms with E-state index in [1.165, 1.54) is 19.2 Å². The van der Waals surface area contributed by atoms with Gasteiger partial charge in [0.15, 0.2) is 6.10 Å². The first-order valence-electron chi connectivity index (χ1n) is 7.66. The molecule has 25 heavy (non-hydrogen) atoms. The minimum Gasteiger partial charge on any atom is -0.449 e. The van der Waals surface area contributed by atoms with Crippen LogP contribution in [0.2, 0.25) is 5.15 Å². The van der Waals surface area contributed by atoms with Crippen molar-refractivity contribution < 1.29 is 14.3 Å². The molecule has 5 nitrogen and oxygen atoms in total. The van der Waals surface area contributed by atoms with Crippen molar-refractivity contribution in [1.29, 1.82) is 0 Å². The number of carbonyl (C=O) groups excluding carboxylic acids is 2. The number of pyridine rings is 1. The van der Waals surface area contributed by atoms with Crippen molar-refractivity contribution in [2.75, 3.05) is 5.32 Å². The van der Waals surface area contributed by atoms with E-state index in [1.807, 2.05) is 36.4 Å². The van der Waals surface area contributed by atoms with Crippen LogP contribution in [0.4, 0.5) is 5.69 Å². The number of hydrogen-bond acceptors (Lipinski definition) is 4. The number of rotatable bonds is 4. The molecule has 0 aliphatic carbocycles. The highest BCUT2D eigenvalue weighted by atomic mass is 35.5. The van der Waals surface area contributed by atoms with Crippen molar-refractivity contribution in [1.82, 2.24) is 4.98 Å². The van der Waals surface area contributed by atoms with Gasteiger partial charge in [0.05, 0.1) is 5.56 Å². The fourth-order valence-corrected chi connectivity index (χ4v) is 2.58. The van der Waals surface area contributed by atoms with Gasteiger partial charge in [-0.3, -0.25) is 4.79 Å². The molecule has 0 aliphatic rings. The normalized spacial score (nSPS) is 11.8. The summed E-state index contributed by atoms with van der Waals surface area (Å²) >= 11 is 5.86. The molecule has 3 rings (SSSR count). The van der Waals surface area contributed by atoms with E-state index in [9.17, 15) is 9.59 Å². The summed E-state index contributed by atoms with van der Waals surface area (Å²) in [6.45, 7) is 1.50. The Balaban J connectivity index is 1.72. The molecule has 126 valence electrons. The van der Waals surface area contributed by atoms with Gasteiger partial charge in [0.1, 0.15) is 5.15 Å². The third-order valence-corrected chi connectivity index (χ3v) is 3.98. The van der Waals surface area contributed by atoms with E-state index in [0.29, 0.717) is 5.69 Å². The van der Waals surface area contributed by atoms with E-state index in [0.717, 1.165) is 10.8 Å². The van der Waals surface area contributed by atoms with E-state index in [1.54, 1.807) is 12.1 Å². The molecule has 1 aromatic heterocycles.